The van der Waals surface area contributed by atoms with Gasteiger partial charge in [0, 0.05) is 40.4 Å². The van der Waals surface area contributed by atoms with Crippen LogP contribution in [-0.2, 0) is 16.0 Å². The SMILES string of the molecule is COCCNCc1cc(F)c(N2CCC(OC)C2)c(F)c1. The van der Waals surface area contributed by atoms with Gasteiger partial charge in [-0.15, -0.1) is 0 Å². The number of rotatable bonds is 7. The molecule has 0 aromatic heterocycles. The molecule has 6 heteroatoms. The summed E-state index contributed by atoms with van der Waals surface area (Å²) < 4.78 is 38.5. The number of nitrogens with zero attached hydrogens (tertiary/aromatic N) is 1. The van der Waals surface area contributed by atoms with Crippen molar-refractivity contribution >= 4 is 5.69 Å². The Morgan fingerprint density at radius 1 is 1.29 bits per heavy atom. The number of methoxy groups -OCH3 is 2. The van der Waals surface area contributed by atoms with Crippen molar-refractivity contribution < 1.29 is 18.3 Å². The zero-order valence-electron chi connectivity index (χ0n) is 12.5. The van der Waals surface area contributed by atoms with E-state index in [2.05, 4.69) is 5.32 Å². The highest BCUT2D eigenvalue weighted by atomic mass is 19.1. The molecule has 1 N–H and O–H groups in total. The summed E-state index contributed by atoms with van der Waals surface area (Å²) in [7, 11) is 3.23. The summed E-state index contributed by atoms with van der Waals surface area (Å²) in [5.74, 6) is -1.04. The van der Waals surface area contributed by atoms with Crippen LogP contribution in [0.4, 0.5) is 14.5 Å². The van der Waals surface area contributed by atoms with Gasteiger partial charge >= 0.3 is 0 Å². The van der Waals surface area contributed by atoms with Gasteiger partial charge in [-0.25, -0.2) is 8.78 Å². The van der Waals surface area contributed by atoms with E-state index in [1.807, 2.05) is 0 Å². The fraction of sp³-hybridized carbons (Fsp3) is 0.600. The minimum absolute atomic E-state index is 0.0409. The zero-order chi connectivity index (χ0) is 15.2. The first-order valence-corrected chi connectivity index (χ1v) is 7.11. The minimum Gasteiger partial charge on any atom is -0.383 e. The third-order valence-electron chi connectivity index (χ3n) is 3.68. The normalized spacial score (nSPS) is 18.5. The number of hydrogen-bond acceptors (Lipinski definition) is 4. The lowest BCUT2D eigenvalue weighted by atomic mass is 10.1. The molecule has 1 aliphatic rings. The van der Waals surface area contributed by atoms with Gasteiger partial charge in [-0.05, 0) is 24.1 Å². The van der Waals surface area contributed by atoms with Crippen LogP contribution in [0.2, 0.25) is 0 Å². The molecule has 1 aromatic rings. The van der Waals surface area contributed by atoms with E-state index in [-0.39, 0.29) is 11.8 Å². The van der Waals surface area contributed by atoms with Gasteiger partial charge in [-0.1, -0.05) is 0 Å². The van der Waals surface area contributed by atoms with Gasteiger partial charge in [0.2, 0.25) is 0 Å². The van der Waals surface area contributed by atoms with E-state index in [0.717, 1.165) is 6.42 Å². The lowest BCUT2D eigenvalue weighted by Crippen LogP contribution is -2.25. The third-order valence-corrected chi connectivity index (χ3v) is 3.68. The summed E-state index contributed by atoms with van der Waals surface area (Å²) in [5, 5.41) is 3.07. The zero-order valence-corrected chi connectivity index (χ0v) is 12.5. The van der Waals surface area contributed by atoms with Gasteiger partial charge in [0.15, 0.2) is 0 Å². The third kappa shape index (κ3) is 4.12. The Hall–Kier alpha value is -1.24. The highest BCUT2D eigenvalue weighted by Crippen LogP contribution is 2.28. The number of hydrogen-bond donors (Lipinski definition) is 1. The number of ether oxygens (including phenoxy) is 2. The Kier molecular flexibility index (Phi) is 5.90. The van der Waals surface area contributed by atoms with Crippen molar-refractivity contribution in [2.45, 2.75) is 19.1 Å². The predicted molar refractivity (Wildman–Crippen MR) is 77.6 cm³/mol. The molecule has 1 fully saturated rings. The van der Waals surface area contributed by atoms with Crippen molar-refractivity contribution in [3.8, 4) is 0 Å². The summed E-state index contributed by atoms with van der Waals surface area (Å²) in [6.45, 7) is 2.75. The molecule has 118 valence electrons. The van der Waals surface area contributed by atoms with Crippen LogP contribution in [0.1, 0.15) is 12.0 Å². The first-order chi connectivity index (χ1) is 10.2. The maximum Gasteiger partial charge on any atom is 0.149 e. The van der Waals surface area contributed by atoms with Gasteiger partial charge in [0.05, 0.1) is 12.7 Å². The second-order valence-electron chi connectivity index (χ2n) is 5.17. The van der Waals surface area contributed by atoms with Gasteiger partial charge in [0.25, 0.3) is 0 Å². The van der Waals surface area contributed by atoms with E-state index in [1.54, 1.807) is 19.1 Å². The molecule has 0 spiro atoms. The first kappa shape index (κ1) is 16.1. The van der Waals surface area contributed by atoms with E-state index >= 15 is 0 Å². The van der Waals surface area contributed by atoms with Crippen LogP contribution < -0.4 is 10.2 Å². The van der Waals surface area contributed by atoms with Crippen molar-refractivity contribution in [1.29, 1.82) is 0 Å². The Labute approximate surface area is 124 Å². The van der Waals surface area contributed by atoms with Crippen LogP contribution in [0.15, 0.2) is 12.1 Å². The average molecular weight is 300 g/mol. The van der Waals surface area contributed by atoms with Crippen LogP contribution in [0.25, 0.3) is 0 Å². The molecule has 1 heterocycles. The molecule has 1 atom stereocenters. The lowest BCUT2D eigenvalue weighted by Gasteiger charge is -2.20. The molecule has 0 aliphatic carbocycles. The number of anilines is 1. The average Bonchev–Trinajstić information content (AvgIpc) is 2.91. The van der Waals surface area contributed by atoms with Gasteiger partial charge in [-0.2, -0.15) is 0 Å². The van der Waals surface area contributed by atoms with Gasteiger partial charge < -0.3 is 19.7 Å². The minimum atomic E-state index is -0.518. The number of benzene rings is 1. The highest BCUT2D eigenvalue weighted by Gasteiger charge is 2.26. The Morgan fingerprint density at radius 3 is 2.57 bits per heavy atom. The molecule has 0 bridgehead atoms. The van der Waals surface area contributed by atoms with Crippen molar-refractivity contribution in [2.24, 2.45) is 0 Å². The van der Waals surface area contributed by atoms with Crippen LogP contribution in [0.5, 0.6) is 0 Å². The van der Waals surface area contributed by atoms with Crippen molar-refractivity contribution in [1.82, 2.24) is 5.32 Å². The quantitative estimate of drug-likeness (QED) is 0.780. The summed E-state index contributed by atoms with van der Waals surface area (Å²) in [4.78, 5) is 1.71. The van der Waals surface area contributed by atoms with E-state index in [9.17, 15) is 8.78 Å². The standard InChI is InChI=1S/C15H22F2N2O2/c1-20-6-4-18-9-11-7-13(16)15(14(17)8-11)19-5-3-12(10-19)21-2/h7-8,12,18H,3-6,9-10H2,1-2H3. The molecule has 21 heavy (non-hydrogen) atoms. The second-order valence-corrected chi connectivity index (χ2v) is 5.17. The van der Waals surface area contributed by atoms with E-state index in [4.69, 9.17) is 9.47 Å². The molecule has 1 unspecified atom stereocenters. The second kappa shape index (κ2) is 7.68. The van der Waals surface area contributed by atoms with E-state index in [0.29, 0.717) is 38.3 Å². The number of nitrogens with one attached hydrogen (secondary N) is 1. The first-order valence-electron chi connectivity index (χ1n) is 7.11. The number of halogens is 2. The van der Waals surface area contributed by atoms with Crippen molar-refractivity contribution in [2.75, 3.05) is 45.4 Å². The molecule has 1 saturated heterocycles. The van der Waals surface area contributed by atoms with Crippen LogP contribution >= 0.6 is 0 Å². The molecule has 1 aliphatic heterocycles. The van der Waals surface area contributed by atoms with Crippen molar-refractivity contribution in [3.05, 3.63) is 29.3 Å². The monoisotopic (exact) mass is 300 g/mol. The fourth-order valence-electron chi connectivity index (χ4n) is 2.55. The van der Waals surface area contributed by atoms with Crippen LogP contribution in [-0.4, -0.2) is 46.6 Å². The predicted octanol–water partition coefficient (Wildman–Crippen LogP) is 1.93. The fourth-order valence-corrected chi connectivity index (χ4v) is 2.55. The smallest absolute Gasteiger partial charge is 0.149 e. The molecule has 0 saturated carbocycles. The summed E-state index contributed by atoms with van der Waals surface area (Å²) in [6.07, 6.45) is 0.828. The van der Waals surface area contributed by atoms with E-state index in [1.165, 1.54) is 12.1 Å². The molecule has 0 amide bonds. The van der Waals surface area contributed by atoms with Gasteiger partial charge in [0.1, 0.15) is 17.3 Å². The van der Waals surface area contributed by atoms with Gasteiger partial charge in [-0.3, -0.25) is 0 Å². The van der Waals surface area contributed by atoms with Crippen LogP contribution in [0, 0.1) is 11.6 Å². The largest absolute Gasteiger partial charge is 0.383 e. The van der Waals surface area contributed by atoms with Crippen LogP contribution in [0.3, 0.4) is 0 Å². The van der Waals surface area contributed by atoms with Crippen molar-refractivity contribution in [3.63, 3.8) is 0 Å². The molecule has 1 aromatic carbocycles. The Morgan fingerprint density at radius 2 is 2.00 bits per heavy atom. The van der Waals surface area contributed by atoms with E-state index < -0.39 is 11.6 Å². The summed E-state index contributed by atoms with van der Waals surface area (Å²) >= 11 is 0. The topological polar surface area (TPSA) is 33.7 Å². The lowest BCUT2D eigenvalue weighted by molar-refractivity contribution is 0.121. The summed E-state index contributed by atoms with van der Waals surface area (Å²) in [6, 6.07) is 2.77. The Balaban J connectivity index is 2.03. The maximum absolute atomic E-state index is 14.2. The highest BCUT2D eigenvalue weighted by molar-refractivity contribution is 5.51. The molecular weight excluding hydrogens is 278 g/mol. The maximum atomic E-state index is 14.2. The Bertz CT molecular complexity index is 448. The molecule has 4 nitrogen and oxygen atoms in total. The summed E-state index contributed by atoms with van der Waals surface area (Å²) in [5.41, 5.74) is 0.641. The molecule has 2 rings (SSSR count). The molecule has 0 radical (unpaired) electrons. The molecular formula is C15H22F2N2O2.